The van der Waals surface area contributed by atoms with Gasteiger partial charge in [0.2, 0.25) is 0 Å². The Morgan fingerprint density at radius 3 is 2.67 bits per heavy atom. The molecule has 2 aromatic carbocycles. The molecule has 0 radical (unpaired) electrons. The molecule has 4 heteroatoms. The van der Waals surface area contributed by atoms with Crippen molar-refractivity contribution in [1.82, 2.24) is 5.32 Å². The van der Waals surface area contributed by atoms with Crippen LogP contribution in [0.25, 0.3) is 0 Å². The second kappa shape index (κ2) is 6.92. The number of rotatable bonds is 5. The lowest BCUT2D eigenvalue weighted by molar-refractivity contribution is 0.431. The van der Waals surface area contributed by atoms with Crippen LogP contribution in [0.15, 0.2) is 36.4 Å². The van der Waals surface area contributed by atoms with Gasteiger partial charge in [0.1, 0.15) is 5.75 Å². The van der Waals surface area contributed by atoms with Gasteiger partial charge in [-0.05, 0) is 36.8 Å². The molecule has 0 spiro atoms. The molecule has 0 aliphatic carbocycles. The van der Waals surface area contributed by atoms with E-state index >= 15 is 0 Å². The molecule has 0 saturated heterocycles. The summed E-state index contributed by atoms with van der Waals surface area (Å²) in [4.78, 5) is 0. The zero-order chi connectivity index (χ0) is 15.4. The van der Waals surface area contributed by atoms with Crippen LogP contribution < -0.4 is 10.1 Å². The van der Waals surface area contributed by atoms with E-state index in [-0.39, 0.29) is 11.6 Å². The predicted octanol–water partition coefficient (Wildman–Crippen LogP) is 5.08. The van der Waals surface area contributed by atoms with Gasteiger partial charge in [-0.2, -0.15) is 0 Å². The van der Waals surface area contributed by atoms with Gasteiger partial charge in [0.15, 0.2) is 11.6 Å². The van der Waals surface area contributed by atoms with Crippen molar-refractivity contribution >= 4 is 11.6 Å². The summed E-state index contributed by atoms with van der Waals surface area (Å²) in [5.74, 6) is 0.464. The normalized spacial score (nSPS) is 11.0. The highest BCUT2D eigenvalue weighted by molar-refractivity contribution is 6.31. The molecule has 0 unspecified atom stereocenters. The van der Waals surface area contributed by atoms with Crippen molar-refractivity contribution in [2.24, 2.45) is 0 Å². The lowest BCUT2D eigenvalue weighted by Crippen LogP contribution is -2.22. The maximum Gasteiger partial charge on any atom is 0.167 e. The van der Waals surface area contributed by atoms with Crippen LogP contribution >= 0.6 is 11.6 Å². The van der Waals surface area contributed by atoms with E-state index in [0.717, 1.165) is 11.1 Å². The molecule has 2 aromatic rings. The molecular formula is C17H19ClFNO. The molecule has 2 rings (SSSR count). The van der Waals surface area contributed by atoms with Crippen LogP contribution in [-0.4, -0.2) is 6.04 Å². The molecule has 0 aliphatic rings. The molecule has 0 amide bonds. The predicted molar refractivity (Wildman–Crippen MR) is 84.6 cm³/mol. The molecule has 21 heavy (non-hydrogen) atoms. The Morgan fingerprint density at radius 2 is 2.00 bits per heavy atom. The smallest absolute Gasteiger partial charge is 0.167 e. The molecule has 2 nitrogen and oxygen atoms in total. The van der Waals surface area contributed by atoms with E-state index in [1.807, 2.05) is 26.8 Å². The molecule has 0 heterocycles. The molecule has 0 aliphatic heterocycles. The number of hydrogen-bond donors (Lipinski definition) is 1. The number of halogens is 2. The Labute approximate surface area is 129 Å². The van der Waals surface area contributed by atoms with Gasteiger partial charge < -0.3 is 10.1 Å². The summed E-state index contributed by atoms with van der Waals surface area (Å²) in [7, 11) is 0. The average molecular weight is 308 g/mol. The summed E-state index contributed by atoms with van der Waals surface area (Å²) in [6, 6.07) is 10.5. The first-order chi connectivity index (χ1) is 9.97. The minimum absolute atomic E-state index is 0.257. The van der Waals surface area contributed by atoms with Gasteiger partial charge in [-0.25, -0.2) is 4.39 Å². The third-order valence-electron chi connectivity index (χ3n) is 3.10. The Kier molecular flexibility index (Phi) is 5.21. The Balaban J connectivity index is 2.27. The zero-order valence-electron chi connectivity index (χ0n) is 12.4. The third-order valence-corrected chi connectivity index (χ3v) is 3.52. The second-order valence-electron chi connectivity index (χ2n) is 5.28. The van der Waals surface area contributed by atoms with E-state index < -0.39 is 0 Å². The van der Waals surface area contributed by atoms with E-state index in [9.17, 15) is 4.39 Å². The van der Waals surface area contributed by atoms with Crippen LogP contribution in [-0.2, 0) is 6.54 Å². The van der Waals surface area contributed by atoms with Crippen LogP contribution in [0.2, 0.25) is 5.02 Å². The van der Waals surface area contributed by atoms with Crippen molar-refractivity contribution < 1.29 is 9.13 Å². The highest BCUT2D eigenvalue weighted by Gasteiger charge is 2.12. The lowest BCUT2D eigenvalue weighted by Gasteiger charge is -2.14. The standard InChI is InChI=1S/C17H19ClFNO/c1-11(2)20-10-13-5-4-6-16(19)17(13)21-14-7-8-15(18)12(3)9-14/h4-9,11,20H,10H2,1-3H3. The van der Waals surface area contributed by atoms with Gasteiger partial charge in [0.25, 0.3) is 0 Å². The van der Waals surface area contributed by atoms with Crippen LogP contribution in [0.1, 0.15) is 25.0 Å². The van der Waals surface area contributed by atoms with E-state index in [1.165, 1.54) is 6.07 Å². The topological polar surface area (TPSA) is 21.3 Å². The highest BCUT2D eigenvalue weighted by atomic mass is 35.5. The van der Waals surface area contributed by atoms with Crippen molar-refractivity contribution in [3.8, 4) is 11.5 Å². The molecule has 0 atom stereocenters. The number of benzene rings is 2. The third kappa shape index (κ3) is 4.19. The monoisotopic (exact) mass is 307 g/mol. The summed E-state index contributed by atoms with van der Waals surface area (Å²) >= 11 is 5.99. The average Bonchev–Trinajstić information content (AvgIpc) is 2.43. The van der Waals surface area contributed by atoms with E-state index in [0.29, 0.717) is 23.4 Å². The van der Waals surface area contributed by atoms with Crippen LogP contribution in [0, 0.1) is 12.7 Å². The van der Waals surface area contributed by atoms with Gasteiger partial charge >= 0.3 is 0 Å². The van der Waals surface area contributed by atoms with Crippen molar-refractivity contribution in [3.63, 3.8) is 0 Å². The van der Waals surface area contributed by atoms with Gasteiger partial charge in [-0.1, -0.05) is 37.6 Å². The van der Waals surface area contributed by atoms with Crippen LogP contribution in [0.4, 0.5) is 4.39 Å². The maximum atomic E-state index is 14.1. The first-order valence-electron chi connectivity index (χ1n) is 6.92. The highest BCUT2D eigenvalue weighted by Crippen LogP contribution is 2.30. The number of hydrogen-bond acceptors (Lipinski definition) is 2. The first kappa shape index (κ1) is 15.8. The fourth-order valence-electron chi connectivity index (χ4n) is 1.92. The lowest BCUT2D eigenvalue weighted by atomic mass is 10.1. The van der Waals surface area contributed by atoms with E-state index in [2.05, 4.69) is 5.32 Å². The Bertz CT molecular complexity index is 628. The van der Waals surface area contributed by atoms with Crippen molar-refractivity contribution in [3.05, 3.63) is 58.4 Å². The quantitative estimate of drug-likeness (QED) is 0.832. The fourth-order valence-corrected chi connectivity index (χ4v) is 2.04. The van der Waals surface area contributed by atoms with Crippen LogP contribution in [0.5, 0.6) is 11.5 Å². The summed E-state index contributed by atoms with van der Waals surface area (Å²) in [6.45, 7) is 6.53. The number of nitrogens with one attached hydrogen (secondary N) is 1. The Hall–Kier alpha value is -1.58. The summed E-state index contributed by atoms with van der Waals surface area (Å²) in [6.07, 6.45) is 0. The second-order valence-corrected chi connectivity index (χ2v) is 5.68. The number of para-hydroxylation sites is 1. The SMILES string of the molecule is Cc1cc(Oc2c(F)cccc2CNC(C)C)ccc1Cl. The van der Waals surface area contributed by atoms with Crippen molar-refractivity contribution in [1.29, 1.82) is 0 Å². The fraction of sp³-hybridized carbons (Fsp3) is 0.294. The number of ether oxygens (including phenoxy) is 1. The minimum Gasteiger partial charge on any atom is -0.454 e. The molecule has 1 N–H and O–H groups in total. The summed E-state index contributed by atoms with van der Waals surface area (Å²) < 4.78 is 19.8. The molecule has 0 bridgehead atoms. The van der Waals surface area contributed by atoms with E-state index in [1.54, 1.807) is 24.3 Å². The zero-order valence-corrected chi connectivity index (χ0v) is 13.2. The first-order valence-corrected chi connectivity index (χ1v) is 7.30. The number of aryl methyl sites for hydroxylation is 1. The minimum atomic E-state index is -0.370. The van der Waals surface area contributed by atoms with Crippen molar-refractivity contribution in [2.45, 2.75) is 33.4 Å². The van der Waals surface area contributed by atoms with Gasteiger partial charge in [-0.15, -0.1) is 0 Å². The molecular weight excluding hydrogens is 289 g/mol. The van der Waals surface area contributed by atoms with Crippen molar-refractivity contribution in [2.75, 3.05) is 0 Å². The van der Waals surface area contributed by atoms with Gasteiger partial charge in [0, 0.05) is 23.2 Å². The summed E-state index contributed by atoms with van der Waals surface area (Å²) in [5, 5.41) is 3.93. The Morgan fingerprint density at radius 1 is 1.24 bits per heavy atom. The van der Waals surface area contributed by atoms with Crippen LogP contribution in [0.3, 0.4) is 0 Å². The van der Waals surface area contributed by atoms with Gasteiger partial charge in [-0.3, -0.25) is 0 Å². The van der Waals surface area contributed by atoms with Gasteiger partial charge in [0.05, 0.1) is 0 Å². The summed E-state index contributed by atoms with van der Waals surface area (Å²) in [5.41, 5.74) is 1.68. The van der Waals surface area contributed by atoms with E-state index in [4.69, 9.17) is 16.3 Å². The molecule has 112 valence electrons. The molecule has 0 aromatic heterocycles. The molecule has 0 fully saturated rings. The molecule has 0 saturated carbocycles. The maximum absolute atomic E-state index is 14.1. The largest absolute Gasteiger partial charge is 0.454 e.